The molecule has 5 heteroatoms. The Kier molecular flexibility index (Phi) is 2.45. The molecule has 0 unspecified atom stereocenters. The minimum absolute atomic E-state index is 0.0109. The van der Waals surface area contributed by atoms with Crippen molar-refractivity contribution < 1.29 is 8.81 Å². The van der Waals surface area contributed by atoms with Crippen molar-refractivity contribution in [2.75, 3.05) is 5.73 Å². The van der Waals surface area contributed by atoms with E-state index >= 15 is 0 Å². The van der Waals surface area contributed by atoms with Crippen molar-refractivity contribution in [1.82, 2.24) is 10.2 Å². The summed E-state index contributed by atoms with van der Waals surface area (Å²) in [6, 6.07) is 6.37. The lowest BCUT2D eigenvalue weighted by Crippen LogP contribution is -1.81. The Hall–Kier alpha value is -2.17. The van der Waals surface area contributed by atoms with E-state index in [4.69, 9.17) is 10.2 Å². The van der Waals surface area contributed by atoms with Gasteiger partial charge in [-0.2, -0.15) is 0 Å². The number of rotatable bonds is 2. The first-order valence-corrected chi connectivity index (χ1v) is 4.27. The standard InChI is InChI=1S/C10H8FN3O/c11-8-4-2-1-3-7(8)5-6-9-13-14-10(12)15-9/h1-6H,(H2,12,14). The first-order chi connectivity index (χ1) is 7.25. The Labute approximate surface area is 85.2 Å². The molecule has 0 aliphatic heterocycles. The van der Waals surface area contributed by atoms with Crippen molar-refractivity contribution in [3.8, 4) is 0 Å². The molecule has 1 heterocycles. The van der Waals surface area contributed by atoms with Crippen LogP contribution in [0.2, 0.25) is 0 Å². The molecule has 0 bridgehead atoms. The summed E-state index contributed by atoms with van der Waals surface area (Å²) in [6.07, 6.45) is 3.05. The predicted molar refractivity (Wildman–Crippen MR) is 54.0 cm³/mol. The zero-order valence-corrected chi connectivity index (χ0v) is 7.72. The molecule has 1 aromatic carbocycles. The van der Waals surface area contributed by atoms with E-state index in [2.05, 4.69) is 10.2 Å². The van der Waals surface area contributed by atoms with Gasteiger partial charge in [-0.3, -0.25) is 0 Å². The third kappa shape index (κ3) is 2.19. The van der Waals surface area contributed by atoms with Crippen molar-refractivity contribution >= 4 is 18.2 Å². The second-order valence-corrected chi connectivity index (χ2v) is 2.83. The van der Waals surface area contributed by atoms with Crippen molar-refractivity contribution in [1.29, 1.82) is 0 Å². The number of anilines is 1. The van der Waals surface area contributed by atoms with E-state index in [1.54, 1.807) is 24.3 Å². The Balaban J connectivity index is 2.22. The summed E-state index contributed by atoms with van der Waals surface area (Å²) in [5, 5.41) is 7.08. The topological polar surface area (TPSA) is 64.9 Å². The van der Waals surface area contributed by atoms with Crippen LogP contribution in [0.1, 0.15) is 11.5 Å². The van der Waals surface area contributed by atoms with Crippen LogP contribution in [0.5, 0.6) is 0 Å². The fourth-order valence-electron chi connectivity index (χ4n) is 1.09. The maximum Gasteiger partial charge on any atom is 0.313 e. The van der Waals surface area contributed by atoms with Crippen molar-refractivity contribution in [2.45, 2.75) is 0 Å². The molecule has 0 radical (unpaired) electrons. The average molecular weight is 205 g/mol. The quantitative estimate of drug-likeness (QED) is 0.813. The molecule has 0 fully saturated rings. The molecule has 0 aliphatic rings. The molecule has 4 nitrogen and oxygen atoms in total. The van der Waals surface area contributed by atoms with E-state index in [1.165, 1.54) is 12.1 Å². The summed E-state index contributed by atoms with van der Waals surface area (Å²) in [5.74, 6) is -0.0583. The van der Waals surface area contributed by atoms with Crippen LogP contribution in [0, 0.1) is 5.82 Å². The summed E-state index contributed by atoms with van der Waals surface area (Å²) < 4.78 is 18.0. The van der Waals surface area contributed by atoms with Gasteiger partial charge >= 0.3 is 6.01 Å². The minimum Gasteiger partial charge on any atom is -0.404 e. The fourth-order valence-corrected chi connectivity index (χ4v) is 1.09. The molecular formula is C10H8FN3O. The van der Waals surface area contributed by atoms with Crippen molar-refractivity contribution in [3.05, 3.63) is 41.5 Å². The average Bonchev–Trinajstić information content (AvgIpc) is 2.63. The smallest absolute Gasteiger partial charge is 0.313 e. The number of benzene rings is 1. The third-order valence-electron chi connectivity index (χ3n) is 1.77. The molecule has 0 amide bonds. The third-order valence-corrected chi connectivity index (χ3v) is 1.77. The van der Waals surface area contributed by atoms with Gasteiger partial charge in [-0.1, -0.05) is 23.3 Å². The highest BCUT2D eigenvalue weighted by molar-refractivity contribution is 5.66. The summed E-state index contributed by atoms with van der Waals surface area (Å²) in [6.45, 7) is 0. The molecule has 0 spiro atoms. The van der Waals surface area contributed by atoms with Gasteiger partial charge in [-0.25, -0.2) is 4.39 Å². The Morgan fingerprint density at radius 1 is 1.20 bits per heavy atom. The molecule has 2 rings (SSSR count). The van der Waals surface area contributed by atoms with Crippen LogP contribution >= 0.6 is 0 Å². The van der Waals surface area contributed by atoms with E-state index in [0.717, 1.165) is 0 Å². The lowest BCUT2D eigenvalue weighted by atomic mass is 10.2. The van der Waals surface area contributed by atoms with Gasteiger partial charge in [0.1, 0.15) is 5.82 Å². The molecule has 2 aromatic rings. The van der Waals surface area contributed by atoms with Crippen LogP contribution in [0.3, 0.4) is 0 Å². The number of nitrogens with zero attached hydrogens (tertiary/aromatic N) is 2. The minimum atomic E-state index is -0.304. The van der Waals surface area contributed by atoms with Crippen molar-refractivity contribution in [2.24, 2.45) is 0 Å². The summed E-state index contributed by atoms with van der Waals surface area (Å²) in [5.41, 5.74) is 5.68. The number of aromatic nitrogens is 2. The first kappa shape index (κ1) is 9.39. The van der Waals surface area contributed by atoms with Crippen LogP contribution in [0.4, 0.5) is 10.4 Å². The van der Waals surface area contributed by atoms with E-state index in [9.17, 15) is 4.39 Å². The predicted octanol–water partition coefficient (Wildman–Crippen LogP) is 1.96. The van der Waals surface area contributed by atoms with E-state index in [1.807, 2.05) is 0 Å². The maximum atomic E-state index is 13.2. The SMILES string of the molecule is Nc1nnc(C=Cc2ccccc2F)o1. The Bertz CT molecular complexity index is 493. The number of nitrogens with two attached hydrogens (primary N) is 1. The van der Waals surface area contributed by atoms with Gasteiger partial charge < -0.3 is 10.2 Å². The number of nitrogen functional groups attached to an aromatic ring is 1. The van der Waals surface area contributed by atoms with E-state index < -0.39 is 0 Å². The van der Waals surface area contributed by atoms with Gasteiger partial charge in [0, 0.05) is 11.6 Å². The van der Waals surface area contributed by atoms with Gasteiger partial charge in [0.2, 0.25) is 5.89 Å². The fraction of sp³-hybridized carbons (Fsp3) is 0. The zero-order chi connectivity index (χ0) is 10.7. The van der Waals surface area contributed by atoms with Gasteiger partial charge in [0.05, 0.1) is 0 Å². The van der Waals surface area contributed by atoms with Gasteiger partial charge in [0.15, 0.2) is 0 Å². The molecule has 0 saturated carbocycles. The molecule has 15 heavy (non-hydrogen) atoms. The Morgan fingerprint density at radius 2 is 2.00 bits per heavy atom. The summed E-state index contributed by atoms with van der Waals surface area (Å²) in [7, 11) is 0. The van der Waals surface area contributed by atoms with Crippen LogP contribution in [-0.2, 0) is 0 Å². The van der Waals surface area contributed by atoms with Crippen LogP contribution < -0.4 is 5.73 Å². The van der Waals surface area contributed by atoms with Gasteiger partial charge in [-0.05, 0) is 12.1 Å². The normalized spacial score (nSPS) is 11.0. The first-order valence-electron chi connectivity index (χ1n) is 4.27. The van der Waals surface area contributed by atoms with Gasteiger partial charge in [-0.15, -0.1) is 5.10 Å². The second kappa shape index (κ2) is 3.91. The summed E-state index contributed by atoms with van der Waals surface area (Å²) in [4.78, 5) is 0. The summed E-state index contributed by atoms with van der Waals surface area (Å²) >= 11 is 0. The van der Waals surface area contributed by atoms with Crippen molar-refractivity contribution in [3.63, 3.8) is 0 Å². The number of hydrogen-bond acceptors (Lipinski definition) is 4. The lowest BCUT2D eigenvalue weighted by Gasteiger charge is -1.93. The van der Waals surface area contributed by atoms with E-state index in [0.29, 0.717) is 5.56 Å². The number of hydrogen-bond donors (Lipinski definition) is 1. The Morgan fingerprint density at radius 3 is 2.67 bits per heavy atom. The molecule has 2 N–H and O–H groups in total. The molecule has 0 saturated heterocycles. The highest BCUT2D eigenvalue weighted by atomic mass is 19.1. The molecule has 0 atom stereocenters. The monoisotopic (exact) mass is 205 g/mol. The highest BCUT2D eigenvalue weighted by Crippen LogP contribution is 2.11. The largest absolute Gasteiger partial charge is 0.404 e. The lowest BCUT2D eigenvalue weighted by molar-refractivity contribution is 0.563. The number of halogens is 1. The molecular weight excluding hydrogens is 197 g/mol. The maximum absolute atomic E-state index is 13.2. The van der Waals surface area contributed by atoms with Crippen LogP contribution in [0.15, 0.2) is 28.7 Å². The van der Waals surface area contributed by atoms with E-state index in [-0.39, 0.29) is 17.7 Å². The zero-order valence-electron chi connectivity index (χ0n) is 7.72. The molecule has 76 valence electrons. The van der Waals surface area contributed by atoms with Crippen LogP contribution in [0.25, 0.3) is 12.2 Å². The van der Waals surface area contributed by atoms with Gasteiger partial charge in [0.25, 0.3) is 0 Å². The van der Waals surface area contributed by atoms with Crippen LogP contribution in [-0.4, -0.2) is 10.2 Å². The second-order valence-electron chi connectivity index (χ2n) is 2.83. The molecule has 0 aliphatic carbocycles. The highest BCUT2D eigenvalue weighted by Gasteiger charge is 1.99. The molecule has 1 aromatic heterocycles.